The predicted molar refractivity (Wildman–Crippen MR) is 161 cm³/mol. The number of aryl methyl sites for hydroxylation is 3. The lowest BCUT2D eigenvalue weighted by atomic mass is 9.67. The summed E-state index contributed by atoms with van der Waals surface area (Å²) >= 11 is 0. The second kappa shape index (κ2) is 11.6. The van der Waals surface area contributed by atoms with Crippen molar-refractivity contribution in [2.45, 2.75) is 109 Å². The molecule has 3 aliphatic carbocycles. The fourth-order valence-corrected chi connectivity index (χ4v) is 8.29. The number of hydrogen-bond acceptors (Lipinski definition) is 5. The maximum absolute atomic E-state index is 14.2. The van der Waals surface area contributed by atoms with Crippen molar-refractivity contribution in [3.8, 4) is 5.75 Å². The number of Topliss-reactive ketones (excluding diaryl/α,β-unsaturated/α-hetero) is 1. The van der Waals surface area contributed by atoms with Gasteiger partial charge in [-0.25, -0.2) is 0 Å². The third kappa shape index (κ3) is 5.65. The van der Waals surface area contributed by atoms with Gasteiger partial charge in [0.05, 0.1) is 0 Å². The molecule has 2 aromatic carbocycles. The van der Waals surface area contributed by atoms with E-state index < -0.39 is 11.8 Å². The van der Waals surface area contributed by atoms with Crippen LogP contribution in [0.3, 0.4) is 0 Å². The van der Waals surface area contributed by atoms with Crippen LogP contribution in [0.15, 0.2) is 52.7 Å². The van der Waals surface area contributed by atoms with Crippen LogP contribution in [0.5, 0.6) is 5.75 Å². The Bertz CT molecular complexity index is 1380. The van der Waals surface area contributed by atoms with Crippen molar-refractivity contribution in [2.75, 3.05) is 0 Å². The number of rotatable bonds is 6. The molecule has 0 saturated heterocycles. The molecule has 3 unspecified atom stereocenters. The van der Waals surface area contributed by atoms with Crippen molar-refractivity contribution < 1.29 is 19.4 Å². The third-order valence-electron chi connectivity index (χ3n) is 9.95. The molecule has 2 aromatic rings. The summed E-state index contributed by atoms with van der Waals surface area (Å²) in [7, 11) is 0. The minimum atomic E-state index is -0.639. The molecule has 1 aliphatic heterocycles. The van der Waals surface area contributed by atoms with Gasteiger partial charge in [-0.15, -0.1) is 0 Å². The van der Waals surface area contributed by atoms with Gasteiger partial charge in [0.2, 0.25) is 0 Å². The number of ether oxygens (including phenoxy) is 1. The van der Waals surface area contributed by atoms with Gasteiger partial charge in [-0.2, -0.15) is 0 Å². The van der Waals surface area contributed by atoms with E-state index in [4.69, 9.17) is 9.73 Å². The zero-order chi connectivity index (χ0) is 28.7. The van der Waals surface area contributed by atoms with E-state index in [-0.39, 0.29) is 29.5 Å². The number of benzene rings is 2. The molecule has 0 spiro atoms. The Morgan fingerprint density at radius 2 is 1.63 bits per heavy atom. The van der Waals surface area contributed by atoms with Crippen LogP contribution in [0.4, 0.5) is 0 Å². The lowest BCUT2D eigenvalue weighted by Gasteiger charge is -2.38. The van der Waals surface area contributed by atoms with Crippen molar-refractivity contribution in [1.82, 2.24) is 0 Å². The van der Waals surface area contributed by atoms with E-state index in [1.165, 1.54) is 35.1 Å². The molecule has 41 heavy (non-hydrogen) atoms. The smallest absolute Gasteiger partial charge is 0.315 e. The highest BCUT2D eigenvalue weighted by molar-refractivity contribution is 6.10. The quantitative estimate of drug-likeness (QED) is 0.369. The Labute approximate surface area is 244 Å². The molecule has 0 amide bonds. The number of aliphatic imine (C=N–C) groups is 1. The summed E-state index contributed by atoms with van der Waals surface area (Å²) in [6.07, 6.45) is 10.5. The summed E-state index contributed by atoms with van der Waals surface area (Å²) in [4.78, 5) is 33.5. The van der Waals surface area contributed by atoms with Crippen LogP contribution in [-0.2, 0) is 14.3 Å². The number of ketones is 1. The van der Waals surface area contributed by atoms with E-state index in [0.717, 1.165) is 61.9 Å². The molecule has 1 heterocycles. The number of allylic oxidation sites excluding steroid dienone is 2. The van der Waals surface area contributed by atoms with Gasteiger partial charge in [0.25, 0.3) is 0 Å². The highest BCUT2D eigenvalue weighted by Gasteiger charge is 2.47. The molecule has 0 radical (unpaired) electrons. The minimum absolute atomic E-state index is 0.0603. The van der Waals surface area contributed by atoms with Gasteiger partial charge in [-0.1, -0.05) is 55.5 Å². The van der Waals surface area contributed by atoms with Crippen LogP contribution >= 0.6 is 0 Å². The number of phenols is 1. The lowest BCUT2D eigenvalue weighted by Crippen LogP contribution is -2.40. The lowest BCUT2D eigenvalue weighted by molar-refractivity contribution is -0.151. The standard InChI is InChI=1S/C36H43NO4/c1-21-15-22(2)32(23(3)16-21)26-19-30-34(31(39)20-26)33(25-11-8-12-27(38)18-25)35(36(40)41-28-13-6-7-14-28)29(37-30)17-24-9-4-5-10-24/h8,11-12,15-16,18,24,26,28,33,35,38H,4-7,9-10,13-14,17,19-20H2,1-3H3. The largest absolute Gasteiger partial charge is 0.508 e. The molecule has 5 nitrogen and oxygen atoms in total. The number of carbonyl (C=O) groups excluding carboxylic acids is 2. The van der Waals surface area contributed by atoms with Crippen LogP contribution < -0.4 is 0 Å². The summed E-state index contributed by atoms with van der Waals surface area (Å²) < 4.78 is 6.16. The predicted octanol–water partition coefficient (Wildman–Crippen LogP) is 7.94. The number of hydrogen-bond donors (Lipinski definition) is 1. The fourth-order valence-electron chi connectivity index (χ4n) is 8.29. The number of phenolic OH excluding ortho intramolecular Hbond substituents is 1. The molecule has 0 bridgehead atoms. The topological polar surface area (TPSA) is 76.0 Å². The Morgan fingerprint density at radius 3 is 2.32 bits per heavy atom. The van der Waals surface area contributed by atoms with Gasteiger partial charge in [-0.05, 0) is 106 Å². The molecule has 216 valence electrons. The molecule has 1 N–H and O–H groups in total. The van der Waals surface area contributed by atoms with E-state index in [0.29, 0.717) is 24.3 Å². The Balaban J connectivity index is 1.46. The molecule has 4 aliphatic rings. The van der Waals surface area contributed by atoms with Gasteiger partial charge in [-0.3, -0.25) is 14.6 Å². The molecular formula is C36H43NO4. The summed E-state index contributed by atoms with van der Waals surface area (Å²) in [5, 5.41) is 10.5. The van der Waals surface area contributed by atoms with Crippen molar-refractivity contribution in [3.05, 3.63) is 75.5 Å². The Hall–Kier alpha value is -3.21. The van der Waals surface area contributed by atoms with Crippen LogP contribution in [0.2, 0.25) is 0 Å². The maximum atomic E-state index is 14.2. The van der Waals surface area contributed by atoms with Gasteiger partial charge >= 0.3 is 5.97 Å². The van der Waals surface area contributed by atoms with Crippen molar-refractivity contribution >= 4 is 17.5 Å². The zero-order valence-corrected chi connectivity index (χ0v) is 24.7. The van der Waals surface area contributed by atoms with E-state index >= 15 is 0 Å². The van der Waals surface area contributed by atoms with Gasteiger partial charge < -0.3 is 9.84 Å². The first-order chi connectivity index (χ1) is 19.8. The van der Waals surface area contributed by atoms with Crippen LogP contribution in [0.1, 0.15) is 110 Å². The highest BCUT2D eigenvalue weighted by Crippen LogP contribution is 2.49. The molecule has 5 heteroatoms. The second-order valence-corrected chi connectivity index (χ2v) is 13.1. The van der Waals surface area contributed by atoms with Gasteiger partial charge in [0, 0.05) is 29.3 Å². The van der Waals surface area contributed by atoms with Crippen LogP contribution in [-0.4, -0.2) is 28.7 Å². The summed E-state index contributed by atoms with van der Waals surface area (Å²) in [5.41, 5.74) is 8.06. The normalized spacial score (nSPS) is 25.4. The van der Waals surface area contributed by atoms with Gasteiger partial charge in [0.15, 0.2) is 5.78 Å². The molecular weight excluding hydrogens is 510 g/mol. The van der Waals surface area contributed by atoms with Crippen LogP contribution in [0.25, 0.3) is 0 Å². The highest BCUT2D eigenvalue weighted by atomic mass is 16.5. The Kier molecular flexibility index (Phi) is 7.89. The molecule has 3 atom stereocenters. The first-order valence-electron chi connectivity index (χ1n) is 15.7. The molecule has 0 aromatic heterocycles. The first-order valence-corrected chi connectivity index (χ1v) is 15.7. The van der Waals surface area contributed by atoms with E-state index in [2.05, 4.69) is 32.9 Å². The van der Waals surface area contributed by atoms with E-state index in [9.17, 15) is 14.7 Å². The van der Waals surface area contributed by atoms with E-state index in [1.54, 1.807) is 12.1 Å². The van der Waals surface area contributed by atoms with Crippen molar-refractivity contribution in [1.29, 1.82) is 0 Å². The van der Waals surface area contributed by atoms with Crippen molar-refractivity contribution in [2.24, 2.45) is 16.8 Å². The second-order valence-electron chi connectivity index (χ2n) is 13.1. The fraction of sp³-hybridized carbons (Fsp3) is 0.528. The van der Waals surface area contributed by atoms with Crippen LogP contribution in [0, 0.1) is 32.6 Å². The maximum Gasteiger partial charge on any atom is 0.315 e. The minimum Gasteiger partial charge on any atom is -0.508 e. The Morgan fingerprint density at radius 1 is 0.951 bits per heavy atom. The summed E-state index contributed by atoms with van der Waals surface area (Å²) in [5.74, 6) is -0.627. The molecule has 2 fully saturated rings. The molecule has 6 rings (SSSR count). The first kappa shape index (κ1) is 27.9. The number of aromatic hydroxyl groups is 1. The monoisotopic (exact) mass is 553 g/mol. The third-order valence-corrected chi connectivity index (χ3v) is 9.95. The summed E-state index contributed by atoms with van der Waals surface area (Å²) in [6.45, 7) is 6.40. The average molecular weight is 554 g/mol. The number of nitrogens with zero attached hydrogens (tertiary/aromatic N) is 1. The van der Waals surface area contributed by atoms with Crippen molar-refractivity contribution in [3.63, 3.8) is 0 Å². The SMILES string of the molecule is Cc1cc(C)c(C2CC(=O)C3=C(C2)N=C(CC2CCCC2)C(C(=O)OC2CCCC2)C3c2cccc(O)c2)c(C)c1. The van der Waals surface area contributed by atoms with Gasteiger partial charge in [0.1, 0.15) is 17.8 Å². The number of carbonyl (C=O) groups is 2. The van der Waals surface area contributed by atoms with E-state index in [1.807, 2.05) is 12.1 Å². The number of esters is 1. The molecule has 2 saturated carbocycles. The zero-order valence-electron chi connectivity index (χ0n) is 24.7. The summed E-state index contributed by atoms with van der Waals surface area (Å²) in [6, 6.07) is 11.5. The average Bonchev–Trinajstić information content (AvgIpc) is 3.62.